The number of fused-ring (bicyclic) bond motifs is 2. The molecule has 0 saturated heterocycles. The lowest BCUT2D eigenvalue weighted by molar-refractivity contribution is -0.117. The van der Waals surface area contributed by atoms with E-state index in [2.05, 4.69) is 35.5 Å². The van der Waals surface area contributed by atoms with Gasteiger partial charge in [0, 0.05) is 34.8 Å². The number of rotatable bonds is 5. The van der Waals surface area contributed by atoms with Gasteiger partial charge in [0.2, 0.25) is 5.91 Å². The van der Waals surface area contributed by atoms with Crippen molar-refractivity contribution in [2.24, 2.45) is 5.41 Å². The molecule has 11 heteroatoms. The normalized spacial score (nSPS) is 11.9. The lowest BCUT2D eigenvalue weighted by Crippen LogP contribution is -2.19. The predicted octanol–water partition coefficient (Wildman–Crippen LogP) is 6.20. The molecular formula is C27H23FN8OS. The maximum absolute atomic E-state index is 16.0. The molecule has 6 rings (SSSR count). The topological polar surface area (TPSA) is 125 Å². The van der Waals surface area contributed by atoms with Gasteiger partial charge in [-0.05, 0) is 22.9 Å². The SMILES string of the molecule is CC(C)(C)CC(=O)Nc1cncc(-c2ncc3[nH]nc(-c4nc5c(-c6cccs6)cncc5[nH]4)c3c2F)c1. The number of carbonyl (C=O) groups excluding carboxylic acids is 1. The first-order chi connectivity index (χ1) is 18.3. The summed E-state index contributed by atoms with van der Waals surface area (Å²) in [6, 6.07) is 5.63. The predicted molar refractivity (Wildman–Crippen MR) is 146 cm³/mol. The smallest absolute Gasteiger partial charge is 0.224 e. The van der Waals surface area contributed by atoms with Crippen molar-refractivity contribution in [1.29, 1.82) is 0 Å². The molecule has 3 N–H and O–H groups in total. The Morgan fingerprint density at radius 3 is 2.71 bits per heavy atom. The van der Waals surface area contributed by atoms with Crippen LogP contribution in [0.4, 0.5) is 10.1 Å². The number of imidazole rings is 1. The number of aromatic amines is 2. The number of H-pyrrole nitrogens is 2. The van der Waals surface area contributed by atoms with E-state index in [0.717, 1.165) is 21.5 Å². The minimum absolute atomic E-state index is 0.0941. The molecule has 0 fully saturated rings. The molecule has 0 spiro atoms. The Morgan fingerprint density at radius 2 is 1.92 bits per heavy atom. The van der Waals surface area contributed by atoms with Gasteiger partial charge in [0.05, 0.1) is 40.7 Å². The van der Waals surface area contributed by atoms with Crippen molar-refractivity contribution in [2.75, 3.05) is 5.32 Å². The Balaban J connectivity index is 1.40. The van der Waals surface area contributed by atoms with Crippen LogP contribution in [-0.2, 0) is 4.79 Å². The van der Waals surface area contributed by atoms with E-state index in [1.54, 1.807) is 29.8 Å². The number of pyridine rings is 3. The second kappa shape index (κ2) is 9.10. The van der Waals surface area contributed by atoms with E-state index in [1.165, 1.54) is 18.6 Å². The van der Waals surface area contributed by atoms with Crippen LogP contribution in [0.25, 0.3) is 55.2 Å². The second-order valence-corrected chi connectivity index (χ2v) is 11.1. The Kier molecular flexibility index (Phi) is 5.72. The first-order valence-corrected chi connectivity index (χ1v) is 12.8. The van der Waals surface area contributed by atoms with E-state index in [1.807, 2.05) is 38.3 Å². The summed E-state index contributed by atoms with van der Waals surface area (Å²) < 4.78 is 16.0. The van der Waals surface area contributed by atoms with E-state index in [9.17, 15) is 4.79 Å². The number of hydrogen-bond acceptors (Lipinski definition) is 7. The maximum atomic E-state index is 16.0. The summed E-state index contributed by atoms with van der Waals surface area (Å²) in [7, 11) is 0. The zero-order valence-corrected chi connectivity index (χ0v) is 21.7. The van der Waals surface area contributed by atoms with Gasteiger partial charge in [0.25, 0.3) is 0 Å². The summed E-state index contributed by atoms with van der Waals surface area (Å²) in [6.07, 6.45) is 8.36. The van der Waals surface area contributed by atoms with Crippen LogP contribution in [0, 0.1) is 11.2 Å². The molecule has 6 aromatic heterocycles. The number of halogens is 1. The molecule has 0 aliphatic heterocycles. The van der Waals surface area contributed by atoms with E-state index in [4.69, 9.17) is 4.98 Å². The molecule has 9 nitrogen and oxygen atoms in total. The van der Waals surface area contributed by atoms with Gasteiger partial charge < -0.3 is 10.3 Å². The molecule has 6 aromatic rings. The van der Waals surface area contributed by atoms with Gasteiger partial charge in [-0.3, -0.25) is 24.8 Å². The number of nitrogens with zero attached hydrogens (tertiary/aromatic N) is 5. The minimum atomic E-state index is -0.566. The Labute approximate surface area is 220 Å². The van der Waals surface area contributed by atoms with Crippen molar-refractivity contribution in [3.63, 3.8) is 0 Å². The molecule has 6 heterocycles. The quantitative estimate of drug-likeness (QED) is 0.246. The van der Waals surface area contributed by atoms with Crippen LogP contribution in [0.15, 0.2) is 54.6 Å². The van der Waals surface area contributed by atoms with Crippen LogP contribution < -0.4 is 5.32 Å². The lowest BCUT2D eigenvalue weighted by atomic mass is 9.92. The van der Waals surface area contributed by atoms with Gasteiger partial charge in [-0.2, -0.15) is 5.10 Å². The molecule has 0 bridgehead atoms. The summed E-state index contributed by atoms with van der Waals surface area (Å²) in [6.45, 7) is 5.96. The van der Waals surface area contributed by atoms with Gasteiger partial charge in [0.1, 0.15) is 16.9 Å². The van der Waals surface area contributed by atoms with Gasteiger partial charge in [0.15, 0.2) is 11.6 Å². The van der Waals surface area contributed by atoms with E-state index in [-0.39, 0.29) is 22.4 Å². The zero-order valence-electron chi connectivity index (χ0n) is 20.8. The lowest BCUT2D eigenvalue weighted by Gasteiger charge is -2.17. The van der Waals surface area contributed by atoms with Crippen molar-refractivity contribution < 1.29 is 9.18 Å². The average Bonchev–Trinajstić information content (AvgIpc) is 3.62. The summed E-state index contributed by atoms with van der Waals surface area (Å²) in [5.74, 6) is -0.295. The second-order valence-electron chi connectivity index (χ2n) is 10.2. The fraction of sp³-hybridized carbons (Fsp3) is 0.185. The fourth-order valence-electron chi connectivity index (χ4n) is 4.33. The van der Waals surface area contributed by atoms with E-state index >= 15 is 4.39 Å². The minimum Gasteiger partial charge on any atom is -0.335 e. The van der Waals surface area contributed by atoms with Crippen molar-refractivity contribution in [1.82, 2.24) is 35.1 Å². The van der Waals surface area contributed by atoms with Crippen LogP contribution in [0.1, 0.15) is 27.2 Å². The highest BCUT2D eigenvalue weighted by molar-refractivity contribution is 7.13. The summed E-state index contributed by atoms with van der Waals surface area (Å²) >= 11 is 1.59. The highest BCUT2D eigenvalue weighted by atomic mass is 32.1. The Morgan fingerprint density at radius 1 is 1.08 bits per heavy atom. The van der Waals surface area contributed by atoms with Gasteiger partial charge in [-0.25, -0.2) is 9.37 Å². The summed E-state index contributed by atoms with van der Waals surface area (Å²) in [4.78, 5) is 34.3. The third-order valence-corrected chi connectivity index (χ3v) is 6.84. The number of nitrogens with one attached hydrogen (secondary N) is 3. The van der Waals surface area contributed by atoms with E-state index < -0.39 is 5.82 Å². The number of hydrogen-bond donors (Lipinski definition) is 3. The number of thiophene rings is 1. The molecule has 0 aliphatic carbocycles. The molecule has 0 aromatic carbocycles. The van der Waals surface area contributed by atoms with Crippen molar-refractivity contribution in [2.45, 2.75) is 27.2 Å². The summed E-state index contributed by atoms with van der Waals surface area (Å²) in [5.41, 5.74) is 3.93. The fourth-order valence-corrected chi connectivity index (χ4v) is 5.07. The molecule has 0 aliphatic rings. The van der Waals surface area contributed by atoms with Gasteiger partial charge >= 0.3 is 0 Å². The molecule has 38 heavy (non-hydrogen) atoms. The Bertz CT molecular complexity index is 1800. The summed E-state index contributed by atoms with van der Waals surface area (Å²) in [5, 5.41) is 12.3. The first-order valence-electron chi connectivity index (χ1n) is 11.9. The molecule has 1 amide bonds. The number of amides is 1. The largest absolute Gasteiger partial charge is 0.335 e. The molecule has 0 radical (unpaired) electrons. The van der Waals surface area contributed by atoms with Crippen LogP contribution >= 0.6 is 11.3 Å². The maximum Gasteiger partial charge on any atom is 0.224 e. The Hall–Kier alpha value is -4.51. The zero-order chi connectivity index (χ0) is 26.4. The van der Waals surface area contributed by atoms with Gasteiger partial charge in [-0.15, -0.1) is 11.3 Å². The number of aromatic nitrogens is 7. The van der Waals surface area contributed by atoms with Crippen molar-refractivity contribution in [3.8, 4) is 33.2 Å². The monoisotopic (exact) mass is 526 g/mol. The molecular weight excluding hydrogens is 503 g/mol. The molecule has 190 valence electrons. The first kappa shape index (κ1) is 23.9. The molecule has 0 unspecified atom stereocenters. The third kappa shape index (κ3) is 4.41. The van der Waals surface area contributed by atoms with Crippen molar-refractivity contribution in [3.05, 3.63) is 60.4 Å². The molecule has 0 saturated carbocycles. The third-order valence-electron chi connectivity index (χ3n) is 5.94. The molecule has 0 atom stereocenters. The van der Waals surface area contributed by atoms with Crippen LogP contribution in [0.2, 0.25) is 0 Å². The highest BCUT2D eigenvalue weighted by Crippen LogP contribution is 2.35. The van der Waals surface area contributed by atoms with Crippen LogP contribution in [0.5, 0.6) is 0 Å². The number of carbonyl (C=O) groups is 1. The number of anilines is 1. The van der Waals surface area contributed by atoms with Crippen LogP contribution in [0.3, 0.4) is 0 Å². The average molecular weight is 527 g/mol. The van der Waals surface area contributed by atoms with Crippen LogP contribution in [-0.4, -0.2) is 41.0 Å². The standard InChI is InChI=1S/C27H23FN8OS/c1-27(2,3)8-20(37)32-15-7-14(9-29-10-15)23-22(28)21-17(13-31-23)35-36-25(21)26-33-18-12-30-11-16(24(18)34-26)19-5-4-6-38-19/h4-7,9-13H,8H2,1-3H3,(H,32,37)(H,33,34)(H,35,36). The van der Waals surface area contributed by atoms with Crippen molar-refractivity contribution >= 4 is 44.9 Å². The van der Waals surface area contributed by atoms with Gasteiger partial charge in [-0.1, -0.05) is 26.8 Å². The highest BCUT2D eigenvalue weighted by Gasteiger charge is 2.22. The van der Waals surface area contributed by atoms with E-state index in [0.29, 0.717) is 34.7 Å².